The molecule has 1 fully saturated rings. The fourth-order valence-electron chi connectivity index (χ4n) is 2.50. The third-order valence-electron chi connectivity index (χ3n) is 3.74. The number of ether oxygens (including phenoxy) is 2. The van der Waals surface area contributed by atoms with Crippen LogP contribution in [0.5, 0.6) is 11.5 Å². The van der Waals surface area contributed by atoms with E-state index in [1.165, 1.54) is 12.8 Å². The van der Waals surface area contributed by atoms with Gasteiger partial charge in [0.05, 0.1) is 6.61 Å². The molecule has 1 aliphatic heterocycles. The van der Waals surface area contributed by atoms with E-state index in [-0.39, 0.29) is 0 Å². The summed E-state index contributed by atoms with van der Waals surface area (Å²) in [5.41, 5.74) is 0. The van der Waals surface area contributed by atoms with E-state index < -0.39 is 0 Å². The molecule has 1 aromatic carbocycles. The first-order chi connectivity index (χ1) is 9.79. The SMILES string of the molecule is CCOc1ccc(OCCN(C)C2CCCNC2)cc1. The lowest BCUT2D eigenvalue weighted by molar-refractivity contribution is 0.168. The number of hydrogen-bond acceptors (Lipinski definition) is 4. The Morgan fingerprint density at radius 2 is 1.90 bits per heavy atom. The summed E-state index contributed by atoms with van der Waals surface area (Å²) < 4.78 is 11.2. The van der Waals surface area contributed by atoms with Crippen molar-refractivity contribution in [3.05, 3.63) is 24.3 Å². The highest BCUT2D eigenvalue weighted by Crippen LogP contribution is 2.17. The lowest BCUT2D eigenvalue weighted by Crippen LogP contribution is -2.45. The van der Waals surface area contributed by atoms with E-state index in [1.54, 1.807) is 0 Å². The predicted molar refractivity (Wildman–Crippen MR) is 81.6 cm³/mol. The van der Waals surface area contributed by atoms with E-state index in [0.29, 0.717) is 12.6 Å². The van der Waals surface area contributed by atoms with Crippen LogP contribution in [0.2, 0.25) is 0 Å². The normalized spacial score (nSPS) is 19.1. The van der Waals surface area contributed by atoms with Gasteiger partial charge in [-0.25, -0.2) is 0 Å². The first kappa shape index (κ1) is 15.1. The molecule has 0 saturated carbocycles. The Kier molecular flexibility index (Phi) is 6.15. The van der Waals surface area contributed by atoms with Crippen LogP contribution in [0, 0.1) is 0 Å². The monoisotopic (exact) mass is 278 g/mol. The van der Waals surface area contributed by atoms with Gasteiger partial charge in [0.15, 0.2) is 0 Å². The van der Waals surface area contributed by atoms with Crippen molar-refractivity contribution in [3.63, 3.8) is 0 Å². The van der Waals surface area contributed by atoms with Crippen molar-refractivity contribution < 1.29 is 9.47 Å². The molecule has 112 valence electrons. The van der Waals surface area contributed by atoms with Gasteiger partial charge in [-0.05, 0) is 57.6 Å². The van der Waals surface area contributed by atoms with Gasteiger partial charge in [-0.2, -0.15) is 0 Å². The molecule has 1 unspecified atom stereocenters. The molecule has 4 heteroatoms. The first-order valence-corrected chi connectivity index (χ1v) is 7.56. The van der Waals surface area contributed by atoms with E-state index in [9.17, 15) is 0 Å². The van der Waals surface area contributed by atoms with Gasteiger partial charge in [-0.15, -0.1) is 0 Å². The van der Waals surface area contributed by atoms with Crippen LogP contribution in [0.3, 0.4) is 0 Å². The van der Waals surface area contributed by atoms with Gasteiger partial charge in [0, 0.05) is 19.1 Å². The fraction of sp³-hybridized carbons (Fsp3) is 0.625. The van der Waals surface area contributed by atoms with Crippen LogP contribution in [-0.2, 0) is 0 Å². The Balaban J connectivity index is 1.69. The Morgan fingerprint density at radius 3 is 2.50 bits per heavy atom. The van der Waals surface area contributed by atoms with E-state index in [2.05, 4.69) is 17.3 Å². The number of likely N-dealkylation sites (N-methyl/N-ethyl adjacent to an activating group) is 1. The number of piperidine rings is 1. The van der Waals surface area contributed by atoms with Gasteiger partial charge in [-0.1, -0.05) is 0 Å². The Bertz CT molecular complexity index is 375. The van der Waals surface area contributed by atoms with E-state index in [0.717, 1.165) is 37.7 Å². The van der Waals surface area contributed by atoms with Crippen LogP contribution in [0.1, 0.15) is 19.8 Å². The number of rotatable bonds is 7. The summed E-state index contributed by atoms with van der Waals surface area (Å²) in [5, 5.41) is 3.45. The third-order valence-corrected chi connectivity index (χ3v) is 3.74. The molecule has 0 radical (unpaired) electrons. The second-order valence-electron chi connectivity index (χ2n) is 5.23. The average Bonchev–Trinajstić information content (AvgIpc) is 2.50. The summed E-state index contributed by atoms with van der Waals surface area (Å²) in [6.45, 7) is 6.62. The van der Waals surface area contributed by atoms with Gasteiger partial charge in [-0.3, -0.25) is 4.90 Å². The molecule has 4 nitrogen and oxygen atoms in total. The van der Waals surface area contributed by atoms with Gasteiger partial charge in [0.25, 0.3) is 0 Å². The van der Waals surface area contributed by atoms with Crippen molar-refractivity contribution in [2.24, 2.45) is 0 Å². The summed E-state index contributed by atoms with van der Waals surface area (Å²) in [6.07, 6.45) is 2.56. The van der Waals surface area contributed by atoms with Crippen molar-refractivity contribution in [1.29, 1.82) is 0 Å². The molecule has 0 aromatic heterocycles. The standard InChI is InChI=1S/C16H26N2O2/c1-3-19-15-6-8-16(9-7-15)20-12-11-18(2)14-5-4-10-17-13-14/h6-9,14,17H,3-5,10-13H2,1-2H3. The smallest absolute Gasteiger partial charge is 0.119 e. The number of benzene rings is 1. The maximum Gasteiger partial charge on any atom is 0.119 e. The minimum Gasteiger partial charge on any atom is -0.494 e. The van der Waals surface area contributed by atoms with Crippen molar-refractivity contribution in [2.45, 2.75) is 25.8 Å². The average molecular weight is 278 g/mol. The van der Waals surface area contributed by atoms with Crippen LogP contribution in [0.4, 0.5) is 0 Å². The molecule has 20 heavy (non-hydrogen) atoms. The molecule has 0 spiro atoms. The highest BCUT2D eigenvalue weighted by Gasteiger charge is 2.17. The zero-order valence-corrected chi connectivity index (χ0v) is 12.6. The van der Waals surface area contributed by atoms with Crippen LogP contribution in [0.15, 0.2) is 24.3 Å². The molecule has 0 aliphatic carbocycles. The van der Waals surface area contributed by atoms with Crippen molar-refractivity contribution >= 4 is 0 Å². The maximum absolute atomic E-state index is 5.78. The second kappa shape index (κ2) is 8.12. The molecular weight excluding hydrogens is 252 g/mol. The summed E-state index contributed by atoms with van der Waals surface area (Å²) in [7, 11) is 2.18. The van der Waals surface area contributed by atoms with Crippen molar-refractivity contribution in [2.75, 3.05) is 39.9 Å². The van der Waals surface area contributed by atoms with Crippen LogP contribution in [0.25, 0.3) is 0 Å². The van der Waals surface area contributed by atoms with E-state index in [1.807, 2.05) is 31.2 Å². The van der Waals surface area contributed by atoms with Crippen molar-refractivity contribution in [3.8, 4) is 11.5 Å². The quantitative estimate of drug-likeness (QED) is 0.828. The van der Waals surface area contributed by atoms with E-state index >= 15 is 0 Å². The molecule has 1 aliphatic rings. The van der Waals surface area contributed by atoms with Crippen LogP contribution >= 0.6 is 0 Å². The highest BCUT2D eigenvalue weighted by molar-refractivity contribution is 5.31. The van der Waals surface area contributed by atoms with Gasteiger partial charge < -0.3 is 14.8 Å². The van der Waals surface area contributed by atoms with Gasteiger partial charge >= 0.3 is 0 Å². The minimum atomic E-state index is 0.646. The topological polar surface area (TPSA) is 33.7 Å². The Hall–Kier alpha value is -1.26. The molecular formula is C16H26N2O2. The van der Waals surface area contributed by atoms with Crippen LogP contribution in [-0.4, -0.2) is 50.8 Å². The number of nitrogens with zero attached hydrogens (tertiary/aromatic N) is 1. The number of nitrogens with one attached hydrogen (secondary N) is 1. The minimum absolute atomic E-state index is 0.646. The molecule has 1 saturated heterocycles. The summed E-state index contributed by atoms with van der Waals surface area (Å²) >= 11 is 0. The van der Waals surface area contributed by atoms with Crippen LogP contribution < -0.4 is 14.8 Å². The lowest BCUT2D eigenvalue weighted by atomic mass is 10.1. The molecule has 1 N–H and O–H groups in total. The van der Waals surface area contributed by atoms with Crippen molar-refractivity contribution in [1.82, 2.24) is 10.2 Å². The van der Waals surface area contributed by atoms with E-state index in [4.69, 9.17) is 9.47 Å². The fourth-order valence-corrected chi connectivity index (χ4v) is 2.50. The molecule has 1 heterocycles. The lowest BCUT2D eigenvalue weighted by Gasteiger charge is -2.31. The Morgan fingerprint density at radius 1 is 1.20 bits per heavy atom. The molecule has 0 amide bonds. The predicted octanol–water partition coefficient (Wildman–Crippen LogP) is 2.15. The second-order valence-corrected chi connectivity index (χ2v) is 5.23. The maximum atomic E-state index is 5.78. The third kappa shape index (κ3) is 4.69. The Labute approximate surface area is 122 Å². The zero-order valence-electron chi connectivity index (χ0n) is 12.6. The summed E-state index contributed by atoms with van der Waals surface area (Å²) in [6, 6.07) is 8.48. The molecule has 2 rings (SSSR count). The first-order valence-electron chi connectivity index (χ1n) is 7.56. The molecule has 1 atom stereocenters. The molecule has 0 bridgehead atoms. The summed E-state index contributed by atoms with van der Waals surface area (Å²) in [5.74, 6) is 1.80. The summed E-state index contributed by atoms with van der Waals surface area (Å²) in [4.78, 5) is 2.39. The van der Waals surface area contributed by atoms with Gasteiger partial charge in [0.2, 0.25) is 0 Å². The highest BCUT2D eigenvalue weighted by atomic mass is 16.5. The van der Waals surface area contributed by atoms with Gasteiger partial charge in [0.1, 0.15) is 18.1 Å². The largest absolute Gasteiger partial charge is 0.494 e. The number of hydrogen-bond donors (Lipinski definition) is 1. The molecule has 1 aromatic rings. The zero-order chi connectivity index (χ0) is 14.2.